The minimum absolute atomic E-state index is 0.508. The molecule has 0 aliphatic carbocycles. The Morgan fingerprint density at radius 1 is 1.22 bits per heavy atom. The minimum atomic E-state index is -4.25. The number of hydrogen-bond acceptors (Lipinski definition) is 1. The molecule has 1 aromatic carbocycles. The number of hydrogen-bond donors (Lipinski definition) is 0. The zero-order chi connectivity index (χ0) is 13.2. The standard InChI is InChI=1S/C14H16F3N/c1-11-3-2-8-18(9-11)10-12-4-6-13(7-5-12)14(15,16)17/h2-7,11H,8-10H2,1H3. The molecule has 1 aromatic rings. The van der Waals surface area contributed by atoms with Crippen molar-refractivity contribution in [1.29, 1.82) is 0 Å². The Kier molecular flexibility index (Phi) is 3.76. The molecule has 0 radical (unpaired) electrons. The fourth-order valence-corrected chi connectivity index (χ4v) is 2.17. The third-order valence-corrected chi connectivity index (χ3v) is 3.06. The topological polar surface area (TPSA) is 3.24 Å². The summed E-state index contributed by atoms with van der Waals surface area (Å²) in [4.78, 5) is 2.23. The Hall–Kier alpha value is -1.29. The van der Waals surface area contributed by atoms with E-state index in [1.807, 2.05) is 0 Å². The van der Waals surface area contributed by atoms with Crippen molar-refractivity contribution in [3.63, 3.8) is 0 Å². The lowest BCUT2D eigenvalue weighted by Gasteiger charge is -2.26. The van der Waals surface area contributed by atoms with Gasteiger partial charge in [0, 0.05) is 19.6 Å². The van der Waals surface area contributed by atoms with E-state index in [1.54, 1.807) is 12.1 Å². The van der Waals surface area contributed by atoms with Gasteiger partial charge in [0.2, 0.25) is 0 Å². The molecule has 0 saturated heterocycles. The predicted molar refractivity (Wildman–Crippen MR) is 65.0 cm³/mol. The average Bonchev–Trinajstić information content (AvgIpc) is 2.28. The summed E-state index contributed by atoms with van der Waals surface area (Å²) in [5.74, 6) is 0.508. The predicted octanol–water partition coefficient (Wildman–Crippen LogP) is 3.71. The first-order chi connectivity index (χ1) is 8.45. The molecule has 0 aromatic heterocycles. The molecule has 0 saturated carbocycles. The van der Waals surface area contributed by atoms with Crippen molar-refractivity contribution >= 4 is 0 Å². The van der Waals surface area contributed by atoms with Crippen molar-refractivity contribution in [1.82, 2.24) is 4.90 Å². The van der Waals surface area contributed by atoms with Crippen LogP contribution in [0.3, 0.4) is 0 Å². The Morgan fingerprint density at radius 3 is 2.44 bits per heavy atom. The molecule has 1 aliphatic rings. The van der Waals surface area contributed by atoms with Gasteiger partial charge in [-0.05, 0) is 23.6 Å². The molecule has 2 rings (SSSR count). The van der Waals surface area contributed by atoms with Gasteiger partial charge in [-0.15, -0.1) is 0 Å². The Balaban J connectivity index is 2.00. The highest BCUT2D eigenvalue weighted by Gasteiger charge is 2.29. The molecule has 0 spiro atoms. The van der Waals surface area contributed by atoms with Gasteiger partial charge < -0.3 is 0 Å². The number of halogens is 3. The summed E-state index contributed by atoms with van der Waals surface area (Å²) in [6.07, 6.45) is 0.0302. The minimum Gasteiger partial charge on any atom is -0.295 e. The number of rotatable bonds is 2. The summed E-state index contributed by atoms with van der Waals surface area (Å²) in [6, 6.07) is 5.43. The van der Waals surface area contributed by atoms with Crippen LogP contribution in [0.4, 0.5) is 13.2 Å². The summed E-state index contributed by atoms with van der Waals surface area (Å²) in [5, 5.41) is 0. The van der Waals surface area contributed by atoms with Gasteiger partial charge >= 0.3 is 6.18 Å². The van der Waals surface area contributed by atoms with E-state index in [0.29, 0.717) is 12.5 Å². The Bertz CT molecular complexity index is 420. The van der Waals surface area contributed by atoms with Crippen LogP contribution in [0.1, 0.15) is 18.1 Å². The second-order valence-corrected chi connectivity index (χ2v) is 4.79. The zero-order valence-corrected chi connectivity index (χ0v) is 10.2. The fourth-order valence-electron chi connectivity index (χ4n) is 2.17. The normalized spacial score (nSPS) is 21.2. The van der Waals surface area contributed by atoms with Gasteiger partial charge in [0.15, 0.2) is 0 Å². The van der Waals surface area contributed by atoms with E-state index in [4.69, 9.17) is 0 Å². The molecular formula is C14H16F3N. The Labute approximate surface area is 105 Å². The quantitative estimate of drug-likeness (QED) is 0.728. The highest BCUT2D eigenvalue weighted by atomic mass is 19.4. The van der Waals surface area contributed by atoms with Crippen molar-refractivity contribution in [2.45, 2.75) is 19.6 Å². The molecular weight excluding hydrogens is 239 g/mol. The molecule has 98 valence electrons. The van der Waals surface area contributed by atoms with Gasteiger partial charge in [-0.2, -0.15) is 13.2 Å². The third-order valence-electron chi connectivity index (χ3n) is 3.06. The van der Waals surface area contributed by atoms with Gasteiger partial charge in [-0.25, -0.2) is 0 Å². The molecule has 1 unspecified atom stereocenters. The molecule has 0 fully saturated rings. The summed E-state index contributed by atoms with van der Waals surface area (Å²) in [6.45, 7) is 4.66. The van der Waals surface area contributed by atoms with Crippen molar-refractivity contribution in [2.24, 2.45) is 5.92 Å². The van der Waals surface area contributed by atoms with Gasteiger partial charge in [-0.3, -0.25) is 4.90 Å². The highest BCUT2D eigenvalue weighted by Crippen LogP contribution is 2.29. The van der Waals surface area contributed by atoms with Crippen LogP contribution in [0.15, 0.2) is 36.4 Å². The van der Waals surface area contributed by atoms with E-state index in [1.165, 1.54) is 0 Å². The highest BCUT2D eigenvalue weighted by molar-refractivity contribution is 5.24. The van der Waals surface area contributed by atoms with E-state index < -0.39 is 11.7 Å². The molecule has 18 heavy (non-hydrogen) atoms. The maximum Gasteiger partial charge on any atom is 0.416 e. The summed E-state index contributed by atoms with van der Waals surface area (Å²) < 4.78 is 37.2. The first kappa shape index (κ1) is 13.1. The first-order valence-electron chi connectivity index (χ1n) is 6.00. The molecule has 1 nitrogen and oxygen atoms in total. The lowest BCUT2D eigenvalue weighted by molar-refractivity contribution is -0.137. The largest absolute Gasteiger partial charge is 0.416 e. The van der Waals surface area contributed by atoms with Crippen LogP contribution in [-0.4, -0.2) is 18.0 Å². The zero-order valence-electron chi connectivity index (χ0n) is 10.2. The second kappa shape index (κ2) is 5.14. The van der Waals surface area contributed by atoms with Crippen LogP contribution in [-0.2, 0) is 12.7 Å². The first-order valence-corrected chi connectivity index (χ1v) is 6.00. The SMILES string of the molecule is CC1C=CCN(Cc2ccc(C(F)(F)F)cc2)C1. The van der Waals surface area contributed by atoms with Gasteiger partial charge in [0.1, 0.15) is 0 Å². The van der Waals surface area contributed by atoms with Crippen molar-refractivity contribution in [2.75, 3.05) is 13.1 Å². The summed E-state index contributed by atoms with van der Waals surface area (Å²) in [7, 11) is 0. The smallest absolute Gasteiger partial charge is 0.295 e. The summed E-state index contributed by atoms with van der Waals surface area (Å²) in [5.41, 5.74) is 0.337. The lowest BCUT2D eigenvalue weighted by atomic mass is 10.1. The number of alkyl halides is 3. The van der Waals surface area contributed by atoms with Crippen LogP contribution in [0.25, 0.3) is 0 Å². The average molecular weight is 255 g/mol. The molecule has 1 heterocycles. The van der Waals surface area contributed by atoms with Crippen molar-refractivity contribution in [3.8, 4) is 0 Å². The molecule has 4 heteroatoms. The van der Waals surface area contributed by atoms with Gasteiger partial charge in [0.25, 0.3) is 0 Å². The van der Waals surface area contributed by atoms with Gasteiger partial charge in [-0.1, -0.05) is 31.2 Å². The number of benzene rings is 1. The number of nitrogens with zero attached hydrogens (tertiary/aromatic N) is 1. The van der Waals surface area contributed by atoms with Crippen LogP contribution < -0.4 is 0 Å². The third kappa shape index (κ3) is 3.35. The molecule has 1 aliphatic heterocycles. The molecule has 1 atom stereocenters. The van der Waals surface area contributed by atoms with Crippen LogP contribution in [0.5, 0.6) is 0 Å². The lowest BCUT2D eigenvalue weighted by Crippen LogP contribution is -2.30. The van der Waals surface area contributed by atoms with Crippen molar-refractivity contribution in [3.05, 3.63) is 47.5 Å². The Morgan fingerprint density at radius 2 is 1.89 bits per heavy atom. The van der Waals surface area contributed by atoms with E-state index >= 15 is 0 Å². The molecule has 0 bridgehead atoms. The van der Waals surface area contributed by atoms with Crippen LogP contribution >= 0.6 is 0 Å². The monoisotopic (exact) mass is 255 g/mol. The van der Waals surface area contributed by atoms with E-state index in [2.05, 4.69) is 24.0 Å². The molecule has 0 amide bonds. The van der Waals surface area contributed by atoms with E-state index in [-0.39, 0.29) is 0 Å². The maximum atomic E-state index is 12.4. The van der Waals surface area contributed by atoms with Crippen molar-refractivity contribution < 1.29 is 13.2 Å². The summed E-state index contributed by atoms with van der Waals surface area (Å²) >= 11 is 0. The van der Waals surface area contributed by atoms with Crippen LogP contribution in [0.2, 0.25) is 0 Å². The van der Waals surface area contributed by atoms with E-state index in [9.17, 15) is 13.2 Å². The second-order valence-electron chi connectivity index (χ2n) is 4.79. The maximum absolute atomic E-state index is 12.4. The van der Waals surface area contributed by atoms with E-state index in [0.717, 1.165) is 30.8 Å². The fraction of sp³-hybridized carbons (Fsp3) is 0.429. The molecule has 0 N–H and O–H groups in total. The van der Waals surface area contributed by atoms with Gasteiger partial charge in [0.05, 0.1) is 5.56 Å². The van der Waals surface area contributed by atoms with Crippen LogP contribution in [0, 0.1) is 5.92 Å².